The first-order valence-corrected chi connectivity index (χ1v) is 8.18. The molecule has 3 aromatic rings. The molecule has 0 unspecified atom stereocenters. The molecule has 1 aromatic heterocycles. The topological polar surface area (TPSA) is 56.5 Å². The van der Waals surface area contributed by atoms with Crippen molar-refractivity contribution in [3.63, 3.8) is 0 Å². The van der Waals surface area contributed by atoms with Gasteiger partial charge in [-0.1, -0.05) is 29.8 Å². The molecule has 0 atom stereocenters. The molecule has 0 fully saturated rings. The number of benzene rings is 2. The van der Waals surface area contributed by atoms with Crippen molar-refractivity contribution in [3.8, 4) is 16.9 Å². The van der Waals surface area contributed by atoms with Crippen LogP contribution in [0.15, 0.2) is 57.9 Å². The maximum Gasteiger partial charge on any atom is 0.316 e. The van der Waals surface area contributed by atoms with Crippen LogP contribution in [0.4, 0.5) is 0 Å². The standard InChI is InChI=1S/C20H17ClO4/c1-20(2,3)19(23)25-12-8-9-14-17(10-12)24-11-15(18(14)22)13-6-4-5-7-16(13)21/h4-11H,1-3H3. The Morgan fingerprint density at radius 3 is 2.48 bits per heavy atom. The molecule has 0 spiro atoms. The summed E-state index contributed by atoms with van der Waals surface area (Å²) >= 11 is 6.17. The van der Waals surface area contributed by atoms with Crippen LogP contribution in [-0.2, 0) is 4.79 Å². The summed E-state index contributed by atoms with van der Waals surface area (Å²) in [5.41, 5.74) is 0.535. The highest BCUT2D eigenvalue weighted by molar-refractivity contribution is 6.33. The van der Waals surface area contributed by atoms with E-state index in [0.29, 0.717) is 32.9 Å². The summed E-state index contributed by atoms with van der Waals surface area (Å²) in [4.78, 5) is 24.7. The number of rotatable bonds is 2. The van der Waals surface area contributed by atoms with E-state index < -0.39 is 5.41 Å². The van der Waals surface area contributed by atoms with Gasteiger partial charge in [-0.25, -0.2) is 0 Å². The van der Waals surface area contributed by atoms with E-state index in [-0.39, 0.29) is 11.4 Å². The predicted octanol–water partition coefficient (Wildman–Crippen LogP) is 5.06. The number of carbonyl (C=O) groups excluding carboxylic acids is 1. The van der Waals surface area contributed by atoms with Crippen LogP contribution >= 0.6 is 11.6 Å². The van der Waals surface area contributed by atoms with Gasteiger partial charge in [0.2, 0.25) is 5.43 Å². The van der Waals surface area contributed by atoms with Crippen LogP contribution in [0.3, 0.4) is 0 Å². The van der Waals surface area contributed by atoms with Crippen LogP contribution in [0.25, 0.3) is 22.1 Å². The molecule has 0 aliphatic carbocycles. The second-order valence-electron chi connectivity index (χ2n) is 6.76. The van der Waals surface area contributed by atoms with Gasteiger partial charge in [-0.3, -0.25) is 9.59 Å². The molecule has 2 aromatic carbocycles. The van der Waals surface area contributed by atoms with Gasteiger partial charge in [-0.2, -0.15) is 0 Å². The zero-order chi connectivity index (χ0) is 18.2. The van der Waals surface area contributed by atoms with Gasteiger partial charge >= 0.3 is 5.97 Å². The molecule has 0 saturated carbocycles. The molecule has 25 heavy (non-hydrogen) atoms. The minimum atomic E-state index is -0.621. The second-order valence-corrected chi connectivity index (χ2v) is 7.16. The quantitative estimate of drug-likeness (QED) is 0.475. The van der Waals surface area contributed by atoms with E-state index >= 15 is 0 Å². The highest BCUT2D eigenvalue weighted by atomic mass is 35.5. The van der Waals surface area contributed by atoms with E-state index in [9.17, 15) is 9.59 Å². The summed E-state index contributed by atoms with van der Waals surface area (Å²) in [5.74, 6) is -0.0250. The third kappa shape index (κ3) is 3.44. The summed E-state index contributed by atoms with van der Waals surface area (Å²) in [6.07, 6.45) is 1.38. The van der Waals surface area contributed by atoms with Crippen molar-refractivity contribution in [2.45, 2.75) is 20.8 Å². The first-order chi connectivity index (χ1) is 11.8. The number of esters is 1. The Kier molecular flexibility index (Phi) is 4.39. The van der Waals surface area contributed by atoms with Crippen LogP contribution in [0.2, 0.25) is 5.02 Å². The number of carbonyl (C=O) groups is 1. The molecule has 0 amide bonds. The Morgan fingerprint density at radius 1 is 1.08 bits per heavy atom. The minimum Gasteiger partial charge on any atom is -0.463 e. The first kappa shape index (κ1) is 17.2. The van der Waals surface area contributed by atoms with Gasteiger partial charge in [-0.05, 0) is 39.0 Å². The Labute approximate surface area is 150 Å². The summed E-state index contributed by atoms with van der Waals surface area (Å²) < 4.78 is 10.9. The summed E-state index contributed by atoms with van der Waals surface area (Å²) in [6.45, 7) is 5.31. The lowest BCUT2D eigenvalue weighted by Gasteiger charge is -2.16. The Bertz CT molecular complexity index is 1010. The van der Waals surface area contributed by atoms with Gasteiger partial charge in [0.25, 0.3) is 0 Å². The van der Waals surface area contributed by atoms with Crippen molar-refractivity contribution in [1.29, 1.82) is 0 Å². The average molecular weight is 357 g/mol. The van der Waals surface area contributed by atoms with E-state index in [0.717, 1.165) is 0 Å². The maximum atomic E-state index is 12.7. The smallest absolute Gasteiger partial charge is 0.316 e. The monoisotopic (exact) mass is 356 g/mol. The molecule has 0 saturated heterocycles. The van der Waals surface area contributed by atoms with Crippen LogP contribution in [0.5, 0.6) is 5.75 Å². The largest absolute Gasteiger partial charge is 0.463 e. The molecule has 1 heterocycles. The fraction of sp³-hybridized carbons (Fsp3) is 0.200. The van der Waals surface area contributed by atoms with Crippen LogP contribution in [-0.4, -0.2) is 5.97 Å². The Balaban J connectivity index is 2.04. The molecular formula is C20H17ClO4. The molecule has 4 nitrogen and oxygen atoms in total. The van der Waals surface area contributed by atoms with E-state index in [2.05, 4.69) is 0 Å². The van der Waals surface area contributed by atoms with Crippen molar-refractivity contribution in [1.82, 2.24) is 0 Å². The van der Waals surface area contributed by atoms with Crippen LogP contribution < -0.4 is 10.2 Å². The van der Waals surface area contributed by atoms with Crippen LogP contribution in [0.1, 0.15) is 20.8 Å². The number of hydrogen-bond donors (Lipinski definition) is 0. The molecule has 0 radical (unpaired) electrons. The highest BCUT2D eigenvalue weighted by Gasteiger charge is 2.24. The third-order valence-corrected chi connectivity index (χ3v) is 4.06. The van der Waals surface area contributed by atoms with Crippen molar-refractivity contribution in [3.05, 3.63) is 64.0 Å². The highest BCUT2D eigenvalue weighted by Crippen LogP contribution is 2.28. The van der Waals surface area contributed by atoms with Crippen LogP contribution in [0, 0.1) is 5.41 Å². The third-order valence-electron chi connectivity index (χ3n) is 3.73. The number of halogens is 1. The van der Waals surface area contributed by atoms with E-state index in [1.165, 1.54) is 12.3 Å². The lowest BCUT2D eigenvalue weighted by atomic mass is 9.97. The van der Waals surface area contributed by atoms with Crippen molar-refractivity contribution < 1.29 is 13.9 Å². The van der Waals surface area contributed by atoms with E-state index in [1.54, 1.807) is 57.2 Å². The number of ether oxygens (including phenoxy) is 1. The lowest BCUT2D eigenvalue weighted by Crippen LogP contribution is -2.25. The molecule has 3 rings (SSSR count). The van der Waals surface area contributed by atoms with Gasteiger partial charge in [0.1, 0.15) is 17.6 Å². The Hall–Kier alpha value is -2.59. The fourth-order valence-corrected chi connectivity index (χ4v) is 2.54. The van der Waals surface area contributed by atoms with Crippen molar-refractivity contribution in [2.24, 2.45) is 5.41 Å². The first-order valence-electron chi connectivity index (χ1n) is 7.80. The van der Waals surface area contributed by atoms with Gasteiger partial charge in [0.05, 0.1) is 16.4 Å². The average Bonchev–Trinajstić information content (AvgIpc) is 2.55. The molecule has 0 bridgehead atoms. The molecule has 0 N–H and O–H groups in total. The minimum absolute atomic E-state index is 0.192. The van der Waals surface area contributed by atoms with Gasteiger partial charge in [-0.15, -0.1) is 0 Å². The Morgan fingerprint density at radius 2 is 1.80 bits per heavy atom. The second kappa shape index (κ2) is 6.37. The number of fused-ring (bicyclic) bond motifs is 1. The van der Waals surface area contributed by atoms with Crippen molar-refractivity contribution in [2.75, 3.05) is 0 Å². The predicted molar refractivity (Wildman–Crippen MR) is 98.0 cm³/mol. The molecule has 128 valence electrons. The van der Waals surface area contributed by atoms with Gasteiger partial charge in [0, 0.05) is 16.7 Å². The maximum absolute atomic E-state index is 12.7. The molecule has 5 heteroatoms. The number of hydrogen-bond acceptors (Lipinski definition) is 4. The fourth-order valence-electron chi connectivity index (χ4n) is 2.30. The SMILES string of the molecule is CC(C)(C)C(=O)Oc1ccc2c(=O)c(-c3ccccc3Cl)coc2c1. The summed E-state index contributed by atoms with van der Waals surface area (Å²) in [6, 6.07) is 11.8. The van der Waals surface area contributed by atoms with Crippen molar-refractivity contribution >= 4 is 28.5 Å². The van der Waals surface area contributed by atoms with Gasteiger partial charge in [0.15, 0.2) is 0 Å². The molecule has 0 aliphatic rings. The van der Waals surface area contributed by atoms with E-state index in [4.69, 9.17) is 20.8 Å². The lowest BCUT2D eigenvalue weighted by molar-refractivity contribution is -0.142. The van der Waals surface area contributed by atoms with E-state index in [1.807, 2.05) is 0 Å². The summed E-state index contributed by atoms with van der Waals surface area (Å²) in [7, 11) is 0. The summed E-state index contributed by atoms with van der Waals surface area (Å²) in [5, 5.41) is 0.873. The van der Waals surface area contributed by atoms with Gasteiger partial charge < -0.3 is 9.15 Å². The molecule has 0 aliphatic heterocycles. The molecular weight excluding hydrogens is 340 g/mol. The zero-order valence-corrected chi connectivity index (χ0v) is 14.9. The normalized spacial score (nSPS) is 11.5. The zero-order valence-electron chi connectivity index (χ0n) is 14.1.